The summed E-state index contributed by atoms with van der Waals surface area (Å²) in [7, 11) is -3.99. The molecule has 0 saturated carbocycles. The predicted octanol–water partition coefficient (Wildman–Crippen LogP) is 1.91. The number of sulfonamides is 1. The quantitative estimate of drug-likeness (QED) is 0.661. The maximum Gasteiger partial charge on any atom is 0.419 e. The average Bonchev–Trinajstić information content (AvgIpc) is 2.94. The number of aryl methyl sites for hydroxylation is 1. The predicted molar refractivity (Wildman–Crippen MR) is 92.1 cm³/mol. The van der Waals surface area contributed by atoms with Crippen LogP contribution in [0.5, 0.6) is 0 Å². The van der Waals surface area contributed by atoms with Crippen molar-refractivity contribution in [2.45, 2.75) is 18.4 Å². The molecule has 0 aliphatic heterocycles. The molecule has 7 nitrogen and oxygen atoms in total. The van der Waals surface area contributed by atoms with Gasteiger partial charge in [0.25, 0.3) is 0 Å². The Morgan fingerprint density at radius 3 is 2.54 bits per heavy atom. The molecule has 0 amide bonds. The number of ketones is 1. The smallest absolute Gasteiger partial charge is 0.408 e. The van der Waals surface area contributed by atoms with E-state index < -0.39 is 33.9 Å². The number of halogens is 1. The van der Waals surface area contributed by atoms with Gasteiger partial charge in [-0.3, -0.25) is 9.36 Å². The van der Waals surface area contributed by atoms with Gasteiger partial charge in [0.2, 0.25) is 10.0 Å². The standard InChI is InChI=1S/C17H15FN2O5S/c1-2-20-14-8-7-13(9-16(14)25-17(20)22)26(23,24)19-10-15(21)11-3-5-12(18)6-4-11/h3-9,19H,2,10H2,1H3. The van der Waals surface area contributed by atoms with Gasteiger partial charge in [-0.25, -0.2) is 22.3 Å². The number of carbonyl (C=O) groups excluding carboxylic acids is 1. The van der Waals surface area contributed by atoms with Crippen molar-refractivity contribution < 1.29 is 22.0 Å². The first-order valence-corrected chi connectivity index (χ1v) is 9.22. The summed E-state index contributed by atoms with van der Waals surface area (Å²) in [5.41, 5.74) is 0.819. The third-order valence-electron chi connectivity index (χ3n) is 3.86. The van der Waals surface area contributed by atoms with Gasteiger partial charge in [0.1, 0.15) is 5.82 Å². The molecule has 1 aromatic heterocycles. The summed E-state index contributed by atoms with van der Waals surface area (Å²) in [4.78, 5) is 23.6. The number of nitrogens with one attached hydrogen (secondary N) is 1. The average molecular weight is 378 g/mol. The number of hydrogen-bond acceptors (Lipinski definition) is 5. The van der Waals surface area contributed by atoms with Gasteiger partial charge in [-0.1, -0.05) is 0 Å². The van der Waals surface area contributed by atoms with Gasteiger partial charge in [0.05, 0.1) is 17.0 Å². The van der Waals surface area contributed by atoms with E-state index in [1.807, 2.05) is 0 Å². The van der Waals surface area contributed by atoms with Crippen LogP contribution in [0.15, 0.2) is 56.6 Å². The monoisotopic (exact) mass is 378 g/mol. The number of rotatable bonds is 6. The Balaban J connectivity index is 1.81. The normalized spacial score (nSPS) is 11.8. The molecule has 0 aliphatic rings. The zero-order valence-corrected chi connectivity index (χ0v) is 14.5. The van der Waals surface area contributed by atoms with Crippen LogP contribution < -0.4 is 10.5 Å². The minimum atomic E-state index is -3.99. The van der Waals surface area contributed by atoms with E-state index in [2.05, 4.69) is 4.72 Å². The topological polar surface area (TPSA) is 98.4 Å². The van der Waals surface area contributed by atoms with Crippen LogP contribution in [0.25, 0.3) is 11.1 Å². The first-order chi connectivity index (χ1) is 12.3. The minimum Gasteiger partial charge on any atom is -0.408 e. The zero-order chi connectivity index (χ0) is 18.9. The molecule has 0 saturated heterocycles. The Bertz CT molecular complexity index is 1130. The Kier molecular flexibility index (Phi) is 4.75. The molecule has 3 aromatic rings. The van der Waals surface area contributed by atoms with E-state index in [9.17, 15) is 22.4 Å². The first-order valence-electron chi connectivity index (χ1n) is 7.73. The summed E-state index contributed by atoms with van der Waals surface area (Å²) >= 11 is 0. The van der Waals surface area contributed by atoms with Crippen molar-refractivity contribution in [3.8, 4) is 0 Å². The van der Waals surface area contributed by atoms with Gasteiger partial charge in [-0.05, 0) is 43.3 Å². The third kappa shape index (κ3) is 3.44. The van der Waals surface area contributed by atoms with E-state index in [0.717, 1.165) is 12.1 Å². The summed E-state index contributed by atoms with van der Waals surface area (Å²) in [5.74, 6) is -1.56. The van der Waals surface area contributed by atoms with Crippen molar-refractivity contribution in [1.29, 1.82) is 0 Å². The molecule has 3 rings (SSSR count). The SMILES string of the molecule is CCn1c(=O)oc2cc(S(=O)(=O)NCC(=O)c3ccc(F)cc3)ccc21. The molecule has 0 atom stereocenters. The van der Waals surface area contributed by atoms with Crippen molar-refractivity contribution in [2.75, 3.05) is 6.54 Å². The fourth-order valence-corrected chi connectivity index (χ4v) is 3.49. The maximum atomic E-state index is 12.9. The van der Waals surface area contributed by atoms with Gasteiger partial charge < -0.3 is 4.42 Å². The highest BCUT2D eigenvalue weighted by Gasteiger charge is 2.19. The number of benzene rings is 2. The number of Topliss-reactive ketones (excluding diaryl/α,β-unsaturated/α-hetero) is 1. The van der Waals surface area contributed by atoms with Gasteiger partial charge in [-0.2, -0.15) is 0 Å². The molecule has 26 heavy (non-hydrogen) atoms. The van der Waals surface area contributed by atoms with E-state index in [1.54, 1.807) is 6.92 Å². The van der Waals surface area contributed by atoms with Crippen LogP contribution in [-0.4, -0.2) is 25.3 Å². The fourth-order valence-electron chi connectivity index (χ4n) is 2.50. The van der Waals surface area contributed by atoms with Crippen LogP contribution in [0.1, 0.15) is 17.3 Å². The maximum absolute atomic E-state index is 12.9. The molecule has 1 heterocycles. The molecule has 9 heteroatoms. The molecule has 0 unspecified atom stereocenters. The molecule has 2 aromatic carbocycles. The van der Waals surface area contributed by atoms with Crippen LogP contribution >= 0.6 is 0 Å². The van der Waals surface area contributed by atoms with E-state index in [4.69, 9.17) is 4.42 Å². The van der Waals surface area contributed by atoms with Gasteiger partial charge in [0, 0.05) is 18.2 Å². The van der Waals surface area contributed by atoms with Crippen molar-refractivity contribution in [3.05, 3.63) is 64.4 Å². The van der Waals surface area contributed by atoms with Crippen molar-refractivity contribution in [2.24, 2.45) is 0 Å². The van der Waals surface area contributed by atoms with E-state index in [-0.39, 0.29) is 16.0 Å². The molecule has 1 N–H and O–H groups in total. The molecular weight excluding hydrogens is 363 g/mol. The zero-order valence-electron chi connectivity index (χ0n) is 13.7. The van der Waals surface area contributed by atoms with Gasteiger partial charge in [-0.15, -0.1) is 0 Å². The minimum absolute atomic E-state index is 0.131. The van der Waals surface area contributed by atoms with Crippen LogP contribution in [0, 0.1) is 5.82 Å². The number of oxazole rings is 1. The number of carbonyl (C=O) groups is 1. The van der Waals surface area contributed by atoms with Crippen molar-refractivity contribution in [1.82, 2.24) is 9.29 Å². The van der Waals surface area contributed by atoms with Gasteiger partial charge in [0.15, 0.2) is 11.4 Å². The molecule has 136 valence electrons. The highest BCUT2D eigenvalue weighted by molar-refractivity contribution is 7.89. The van der Waals surface area contributed by atoms with Crippen LogP contribution in [0.2, 0.25) is 0 Å². The second-order valence-corrected chi connectivity index (χ2v) is 7.26. The number of fused-ring (bicyclic) bond motifs is 1. The summed E-state index contributed by atoms with van der Waals surface area (Å²) < 4.78 is 46.2. The summed E-state index contributed by atoms with van der Waals surface area (Å²) in [5, 5.41) is 0. The Hall–Kier alpha value is -2.78. The largest absolute Gasteiger partial charge is 0.419 e. The highest BCUT2D eigenvalue weighted by Crippen LogP contribution is 2.18. The number of aromatic nitrogens is 1. The second-order valence-electron chi connectivity index (χ2n) is 5.50. The van der Waals surface area contributed by atoms with E-state index in [1.165, 1.54) is 34.9 Å². The Morgan fingerprint density at radius 1 is 1.19 bits per heavy atom. The van der Waals surface area contributed by atoms with Crippen molar-refractivity contribution >= 4 is 26.9 Å². The lowest BCUT2D eigenvalue weighted by Gasteiger charge is -2.06. The molecule has 0 fully saturated rings. The lowest BCUT2D eigenvalue weighted by molar-refractivity contribution is 0.0997. The Labute approximate surface area is 148 Å². The lowest BCUT2D eigenvalue weighted by atomic mass is 10.1. The summed E-state index contributed by atoms with van der Waals surface area (Å²) in [6, 6.07) is 8.83. The fraction of sp³-hybridized carbons (Fsp3) is 0.176. The molecule has 0 radical (unpaired) electrons. The number of nitrogens with zero attached hydrogens (tertiary/aromatic N) is 1. The van der Waals surface area contributed by atoms with Crippen LogP contribution in [-0.2, 0) is 16.6 Å². The summed E-state index contributed by atoms with van der Waals surface area (Å²) in [6.07, 6.45) is 0. The van der Waals surface area contributed by atoms with E-state index >= 15 is 0 Å². The van der Waals surface area contributed by atoms with Gasteiger partial charge >= 0.3 is 5.76 Å². The number of hydrogen-bond donors (Lipinski definition) is 1. The van der Waals surface area contributed by atoms with Crippen molar-refractivity contribution in [3.63, 3.8) is 0 Å². The third-order valence-corrected chi connectivity index (χ3v) is 5.25. The summed E-state index contributed by atoms with van der Waals surface area (Å²) in [6.45, 7) is 1.68. The Morgan fingerprint density at radius 2 is 1.88 bits per heavy atom. The molecular formula is C17H15FN2O5S. The molecule has 0 spiro atoms. The van der Waals surface area contributed by atoms with Crippen LogP contribution in [0.3, 0.4) is 0 Å². The first kappa shape index (κ1) is 18.0. The molecule has 0 aliphatic carbocycles. The second kappa shape index (κ2) is 6.85. The van der Waals surface area contributed by atoms with E-state index in [0.29, 0.717) is 12.1 Å². The van der Waals surface area contributed by atoms with Crippen LogP contribution in [0.4, 0.5) is 4.39 Å². The highest BCUT2D eigenvalue weighted by atomic mass is 32.2. The lowest BCUT2D eigenvalue weighted by Crippen LogP contribution is -2.29. The molecule has 0 bridgehead atoms.